The van der Waals surface area contributed by atoms with E-state index in [9.17, 15) is 8.42 Å². The molecule has 0 radical (unpaired) electrons. The van der Waals surface area contributed by atoms with Crippen LogP contribution in [0.25, 0.3) is 0 Å². The normalized spacial score (nSPS) is 16.1. The summed E-state index contributed by atoms with van der Waals surface area (Å²) < 4.78 is 38.2. The zero-order chi connectivity index (χ0) is 15.7. The zero-order valence-electron chi connectivity index (χ0n) is 12.3. The Bertz CT molecular complexity index is 742. The SMILES string of the molecule is Cc1n[nH]c(C)c1S(=O)(=O)Nc1ccc(C2OCCO2)cc1. The average Bonchev–Trinajstić information content (AvgIpc) is 3.09. The molecule has 0 bridgehead atoms. The van der Waals surface area contributed by atoms with Crippen molar-refractivity contribution in [3.63, 3.8) is 0 Å². The third-order valence-corrected chi connectivity index (χ3v) is 5.03. The fourth-order valence-electron chi connectivity index (χ4n) is 2.40. The van der Waals surface area contributed by atoms with Crippen LogP contribution in [0.1, 0.15) is 23.2 Å². The molecule has 1 saturated heterocycles. The third kappa shape index (κ3) is 2.85. The van der Waals surface area contributed by atoms with Crippen molar-refractivity contribution in [1.82, 2.24) is 10.2 Å². The highest BCUT2D eigenvalue weighted by atomic mass is 32.2. The molecule has 3 rings (SSSR count). The molecule has 1 aliphatic heterocycles. The van der Waals surface area contributed by atoms with E-state index in [0.29, 0.717) is 30.3 Å². The largest absolute Gasteiger partial charge is 0.346 e. The van der Waals surface area contributed by atoms with E-state index in [0.717, 1.165) is 5.56 Å². The summed E-state index contributed by atoms with van der Waals surface area (Å²) in [4.78, 5) is 0.180. The first-order chi connectivity index (χ1) is 10.5. The van der Waals surface area contributed by atoms with Gasteiger partial charge in [0.05, 0.1) is 24.6 Å². The Morgan fingerprint density at radius 3 is 2.36 bits per heavy atom. The number of aromatic amines is 1. The van der Waals surface area contributed by atoms with Gasteiger partial charge in [0.1, 0.15) is 4.90 Å². The first kappa shape index (κ1) is 15.0. The highest BCUT2D eigenvalue weighted by Gasteiger charge is 2.23. The van der Waals surface area contributed by atoms with Crippen LogP contribution >= 0.6 is 0 Å². The second-order valence-electron chi connectivity index (χ2n) is 5.06. The summed E-state index contributed by atoms with van der Waals surface area (Å²) in [6, 6.07) is 6.93. The Morgan fingerprint density at radius 2 is 1.82 bits per heavy atom. The summed E-state index contributed by atoms with van der Waals surface area (Å²) >= 11 is 0. The maximum absolute atomic E-state index is 12.4. The Hall–Kier alpha value is -1.90. The Kier molecular flexibility index (Phi) is 3.90. The number of rotatable bonds is 4. The van der Waals surface area contributed by atoms with Gasteiger partial charge in [0.2, 0.25) is 0 Å². The fraction of sp³-hybridized carbons (Fsp3) is 0.357. The van der Waals surface area contributed by atoms with Gasteiger partial charge in [0, 0.05) is 11.3 Å². The van der Waals surface area contributed by atoms with Crippen LogP contribution in [0.5, 0.6) is 0 Å². The minimum Gasteiger partial charge on any atom is -0.346 e. The fourth-order valence-corrected chi connectivity index (χ4v) is 3.83. The summed E-state index contributed by atoms with van der Waals surface area (Å²) in [5.41, 5.74) is 2.28. The van der Waals surface area contributed by atoms with Gasteiger partial charge in [0.25, 0.3) is 10.0 Å². The highest BCUT2D eigenvalue weighted by molar-refractivity contribution is 7.92. The van der Waals surface area contributed by atoms with E-state index in [1.807, 2.05) is 0 Å². The summed E-state index contributed by atoms with van der Waals surface area (Å²) in [5, 5.41) is 6.59. The number of hydrogen-bond acceptors (Lipinski definition) is 5. The molecular weight excluding hydrogens is 306 g/mol. The first-order valence-electron chi connectivity index (χ1n) is 6.85. The van der Waals surface area contributed by atoms with Crippen LogP contribution in [-0.4, -0.2) is 31.8 Å². The second-order valence-corrected chi connectivity index (χ2v) is 6.68. The number of aryl methyl sites for hydroxylation is 2. The maximum Gasteiger partial charge on any atom is 0.265 e. The molecule has 118 valence electrons. The lowest BCUT2D eigenvalue weighted by Gasteiger charge is -2.11. The third-order valence-electron chi connectivity index (χ3n) is 3.39. The number of benzene rings is 1. The number of anilines is 1. The van der Waals surface area contributed by atoms with Crippen molar-refractivity contribution in [3.05, 3.63) is 41.2 Å². The van der Waals surface area contributed by atoms with Crippen LogP contribution in [0, 0.1) is 13.8 Å². The molecule has 22 heavy (non-hydrogen) atoms. The molecule has 7 nitrogen and oxygen atoms in total. The Balaban J connectivity index is 1.80. The molecule has 2 aromatic rings. The van der Waals surface area contributed by atoms with Crippen molar-refractivity contribution in [1.29, 1.82) is 0 Å². The van der Waals surface area contributed by atoms with E-state index in [4.69, 9.17) is 9.47 Å². The molecule has 0 saturated carbocycles. The van der Waals surface area contributed by atoms with Gasteiger partial charge in [0.15, 0.2) is 6.29 Å². The molecule has 1 aromatic carbocycles. The molecule has 1 fully saturated rings. The predicted octanol–water partition coefficient (Wildman–Crippen LogP) is 1.87. The summed E-state index contributed by atoms with van der Waals surface area (Å²) in [5.74, 6) is 0. The number of sulfonamides is 1. The topological polar surface area (TPSA) is 93.3 Å². The van der Waals surface area contributed by atoms with Gasteiger partial charge in [-0.25, -0.2) is 8.42 Å². The summed E-state index contributed by atoms with van der Waals surface area (Å²) in [7, 11) is -3.67. The van der Waals surface area contributed by atoms with Crippen LogP contribution in [0.4, 0.5) is 5.69 Å². The molecule has 2 N–H and O–H groups in total. The number of aromatic nitrogens is 2. The van der Waals surface area contributed by atoms with Gasteiger partial charge in [-0.05, 0) is 26.0 Å². The standard InChI is InChI=1S/C14H17N3O4S/c1-9-13(10(2)16-15-9)22(18,19)17-12-5-3-11(4-6-12)14-20-7-8-21-14/h3-6,14,17H,7-8H2,1-2H3,(H,15,16). The lowest BCUT2D eigenvalue weighted by Crippen LogP contribution is -2.14. The molecule has 0 atom stereocenters. The van der Waals surface area contributed by atoms with Crippen molar-refractivity contribution < 1.29 is 17.9 Å². The lowest BCUT2D eigenvalue weighted by atomic mass is 10.2. The number of H-pyrrole nitrogens is 1. The molecule has 0 amide bonds. The molecule has 0 unspecified atom stereocenters. The van der Waals surface area contributed by atoms with Crippen molar-refractivity contribution in [2.24, 2.45) is 0 Å². The van der Waals surface area contributed by atoms with Crippen LogP contribution in [0.2, 0.25) is 0 Å². The smallest absolute Gasteiger partial charge is 0.265 e. The predicted molar refractivity (Wildman–Crippen MR) is 80.0 cm³/mol. The maximum atomic E-state index is 12.4. The van der Waals surface area contributed by atoms with Crippen molar-refractivity contribution in [2.75, 3.05) is 17.9 Å². The van der Waals surface area contributed by atoms with Crippen molar-refractivity contribution >= 4 is 15.7 Å². The number of nitrogens with zero attached hydrogens (tertiary/aromatic N) is 1. The van der Waals surface area contributed by atoms with Gasteiger partial charge in [-0.15, -0.1) is 0 Å². The van der Waals surface area contributed by atoms with Gasteiger partial charge in [-0.1, -0.05) is 12.1 Å². The second kappa shape index (κ2) is 5.71. The van der Waals surface area contributed by atoms with E-state index >= 15 is 0 Å². The van der Waals surface area contributed by atoms with E-state index in [-0.39, 0.29) is 11.2 Å². The molecule has 1 aromatic heterocycles. The molecule has 0 aliphatic carbocycles. The minimum absolute atomic E-state index is 0.180. The molecule has 2 heterocycles. The van der Waals surface area contributed by atoms with Crippen molar-refractivity contribution in [3.8, 4) is 0 Å². The monoisotopic (exact) mass is 323 g/mol. The first-order valence-corrected chi connectivity index (χ1v) is 8.33. The number of nitrogens with one attached hydrogen (secondary N) is 2. The van der Waals surface area contributed by atoms with Gasteiger partial charge < -0.3 is 9.47 Å². The van der Waals surface area contributed by atoms with Gasteiger partial charge in [-0.3, -0.25) is 9.82 Å². The molecule has 0 spiro atoms. The van der Waals surface area contributed by atoms with Gasteiger partial charge >= 0.3 is 0 Å². The van der Waals surface area contributed by atoms with E-state index in [2.05, 4.69) is 14.9 Å². The Labute approximate surface area is 128 Å². The number of hydrogen-bond donors (Lipinski definition) is 2. The van der Waals surface area contributed by atoms with Crippen LogP contribution in [0.15, 0.2) is 29.2 Å². The average molecular weight is 323 g/mol. The Morgan fingerprint density at radius 1 is 1.18 bits per heavy atom. The number of ether oxygens (including phenoxy) is 2. The summed E-state index contributed by atoms with van der Waals surface area (Å²) in [6.45, 7) is 4.46. The minimum atomic E-state index is -3.67. The highest BCUT2D eigenvalue weighted by Crippen LogP contribution is 2.26. The van der Waals surface area contributed by atoms with E-state index in [1.165, 1.54) is 0 Å². The molecule has 8 heteroatoms. The molecular formula is C14H17N3O4S. The van der Waals surface area contributed by atoms with Gasteiger partial charge in [-0.2, -0.15) is 5.10 Å². The van der Waals surface area contributed by atoms with Crippen LogP contribution in [-0.2, 0) is 19.5 Å². The van der Waals surface area contributed by atoms with E-state index < -0.39 is 10.0 Å². The molecule has 1 aliphatic rings. The van der Waals surface area contributed by atoms with E-state index in [1.54, 1.807) is 38.1 Å². The van der Waals surface area contributed by atoms with Crippen LogP contribution in [0.3, 0.4) is 0 Å². The van der Waals surface area contributed by atoms with Crippen LogP contribution < -0.4 is 4.72 Å². The lowest BCUT2D eigenvalue weighted by molar-refractivity contribution is -0.0441. The zero-order valence-corrected chi connectivity index (χ0v) is 13.1. The summed E-state index contributed by atoms with van der Waals surface area (Å²) in [6.07, 6.45) is -0.371. The quantitative estimate of drug-likeness (QED) is 0.896. The van der Waals surface area contributed by atoms with Crippen molar-refractivity contribution in [2.45, 2.75) is 25.0 Å².